The highest BCUT2D eigenvalue weighted by molar-refractivity contribution is 5.98. The van der Waals surface area contributed by atoms with Gasteiger partial charge in [0.15, 0.2) is 5.75 Å². The molecule has 0 radical (unpaired) electrons. The molecule has 26 heavy (non-hydrogen) atoms. The largest absolute Gasteiger partial charge is 0.487 e. The van der Waals surface area contributed by atoms with Crippen molar-refractivity contribution >= 4 is 24.1 Å². The third-order valence-corrected chi connectivity index (χ3v) is 3.42. The van der Waals surface area contributed by atoms with Gasteiger partial charge in [-0.25, -0.2) is 0 Å². The third kappa shape index (κ3) is 6.76. The van der Waals surface area contributed by atoms with Crippen molar-refractivity contribution in [1.82, 2.24) is 10.6 Å². The summed E-state index contributed by atoms with van der Waals surface area (Å²) in [5, 5.41) is 15.9. The second-order valence-corrected chi connectivity index (χ2v) is 5.56. The van der Waals surface area contributed by atoms with Crippen LogP contribution in [0.5, 0.6) is 5.75 Å². The Morgan fingerprint density at radius 2 is 2.12 bits per heavy atom. The first kappa shape index (κ1) is 20.9. The van der Waals surface area contributed by atoms with Gasteiger partial charge in [-0.1, -0.05) is 32.4 Å². The Hall–Kier alpha value is -3.16. The summed E-state index contributed by atoms with van der Waals surface area (Å²) in [7, 11) is 0. The summed E-state index contributed by atoms with van der Waals surface area (Å²) in [6, 6.07) is 4.51. The maximum atomic E-state index is 12.0. The first-order chi connectivity index (χ1) is 12.4. The number of amides is 2. The zero-order valence-corrected chi connectivity index (χ0v) is 14.9. The molecule has 140 valence electrons. The number of unbranched alkanes of at least 4 members (excludes halogenated alkanes) is 2. The van der Waals surface area contributed by atoms with E-state index in [-0.39, 0.29) is 17.3 Å². The standard InChI is InChI=1S/C18H23N3O5/c1-4-5-6-9-26-17-8-7-15(11-16(17)21(24)25)10-13(2)18(23)20-14(3)19-12-22/h7-8,10-12H,3-6,9H2,1-2H3,(H,19,22)(H,20,23)/b13-10-. The molecule has 2 amide bonds. The van der Waals surface area contributed by atoms with E-state index in [9.17, 15) is 19.7 Å². The van der Waals surface area contributed by atoms with Gasteiger partial charge in [-0.15, -0.1) is 0 Å². The van der Waals surface area contributed by atoms with Crippen LogP contribution in [-0.2, 0) is 9.59 Å². The molecule has 1 aromatic rings. The van der Waals surface area contributed by atoms with E-state index in [2.05, 4.69) is 24.1 Å². The molecule has 0 aliphatic rings. The molecule has 0 aliphatic carbocycles. The van der Waals surface area contributed by atoms with Crippen LogP contribution in [0.15, 0.2) is 36.2 Å². The van der Waals surface area contributed by atoms with E-state index in [1.807, 2.05) is 0 Å². The van der Waals surface area contributed by atoms with E-state index in [1.165, 1.54) is 18.2 Å². The van der Waals surface area contributed by atoms with Crippen LogP contribution < -0.4 is 15.4 Å². The van der Waals surface area contributed by atoms with Crippen molar-refractivity contribution < 1.29 is 19.2 Å². The fraction of sp³-hybridized carbons (Fsp3) is 0.333. The van der Waals surface area contributed by atoms with Crippen LogP contribution in [0.2, 0.25) is 0 Å². The van der Waals surface area contributed by atoms with Crippen LogP contribution in [0.1, 0.15) is 38.7 Å². The number of carbonyl (C=O) groups is 2. The molecule has 0 saturated heterocycles. The zero-order chi connectivity index (χ0) is 19.5. The number of nitro groups is 1. The minimum Gasteiger partial charge on any atom is -0.487 e. The lowest BCUT2D eigenvalue weighted by molar-refractivity contribution is -0.385. The Balaban J connectivity index is 2.91. The number of ether oxygens (including phenoxy) is 1. The summed E-state index contributed by atoms with van der Waals surface area (Å²) >= 11 is 0. The van der Waals surface area contributed by atoms with Crippen molar-refractivity contribution in [1.29, 1.82) is 0 Å². The second-order valence-electron chi connectivity index (χ2n) is 5.56. The third-order valence-electron chi connectivity index (χ3n) is 3.42. The van der Waals surface area contributed by atoms with Crippen molar-refractivity contribution in [3.8, 4) is 5.75 Å². The average Bonchev–Trinajstić information content (AvgIpc) is 2.59. The Morgan fingerprint density at radius 3 is 2.73 bits per heavy atom. The Labute approximate surface area is 152 Å². The fourth-order valence-corrected chi connectivity index (χ4v) is 2.08. The molecular weight excluding hydrogens is 338 g/mol. The number of rotatable bonds is 11. The molecule has 0 heterocycles. The van der Waals surface area contributed by atoms with Gasteiger partial charge < -0.3 is 15.4 Å². The SMILES string of the molecule is C=C(NC=O)NC(=O)/C(C)=C\c1ccc(OCCCCC)c([N+](=O)[O-])c1. The van der Waals surface area contributed by atoms with Gasteiger partial charge in [-0.2, -0.15) is 0 Å². The minimum absolute atomic E-state index is 0.0413. The number of nitro benzene ring substituents is 1. The number of nitrogens with zero attached hydrogens (tertiary/aromatic N) is 1. The number of benzene rings is 1. The van der Waals surface area contributed by atoms with Crippen LogP contribution in [0.4, 0.5) is 5.69 Å². The first-order valence-electron chi connectivity index (χ1n) is 8.19. The maximum Gasteiger partial charge on any atom is 0.311 e. The van der Waals surface area contributed by atoms with E-state index in [0.29, 0.717) is 24.2 Å². The summed E-state index contributed by atoms with van der Waals surface area (Å²) in [5.74, 6) is -0.236. The summed E-state index contributed by atoms with van der Waals surface area (Å²) in [6.07, 6.45) is 4.74. The fourth-order valence-electron chi connectivity index (χ4n) is 2.08. The van der Waals surface area contributed by atoms with Gasteiger partial charge in [0, 0.05) is 11.6 Å². The highest BCUT2D eigenvalue weighted by Gasteiger charge is 2.16. The van der Waals surface area contributed by atoms with Crippen molar-refractivity contribution in [3.63, 3.8) is 0 Å². The van der Waals surface area contributed by atoms with Crippen molar-refractivity contribution in [3.05, 3.63) is 51.8 Å². The normalized spacial score (nSPS) is 10.8. The predicted molar refractivity (Wildman–Crippen MR) is 98.2 cm³/mol. The van der Waals surface area contributed by atoms with E-state index >= 15 is 0 Å². The minimum atomic E-state index is -0.516. The van der Waals surface area contributed by atoms with Gasteiger partial charge in [0.25, 0.3) is 5.91 Å². The molecule has 0 saturated carbocycles. The van der Waals surface area contributed by atoms with Crippen LogP contribution >= 0.6 is 0 Å². The van der Waals surface area contributed by atoms with E-state index in [0.717, 1.165) is 19.3 Å². The Morgan fingerprint density at radius 1 is 1.38 bits per heavy atom. The molecule has 0 aliphatic heterocycles. The Bertz CT molecular complexity index is 713. The number of hydrogen-bond acceptors (Lipinski definition) is 5. The molecule has 0 fully saturated rings. The van der Waals surface area contributed by atoms with Gasteiger partial charge in [-0.05, 0) is 31.1 Å². The van der Waals surface area contributed by atoms with Gasteiger partial charge in [0.1, 0.15) is 5.82 Å². The summed E-state index contributed by atoms with van der Waals surface area (Å²) in [6.45, 7) is 7.48. The van der Waals surface area contributed by atoms with Gasteiger partial charge in [-0.3, -0.25) is 19.7 Å². The molecular formula is C18H23N3O5. The molecule has 8 nitrogen and oxygen atoms in total. The van der Waals surface area contributed by atoms with Crippen LogP contribution in [-0.4, -0.2) is 23.8 Å². The van der Waals surface area contributed by atoms with Crippen LogP contribution in [0, 0.1) is 10.1 Å². The van der Waals surface area contributed by atoms with E-state index in [4.69, 9.17) is 4.74 Å². The maximum absolute atomic E-state index is 12.0. The van der Waals surface area contributed by atoms with Gasteiger partial charge in [0.05, 0.1) is 11.5 Å². The summed E-state index contributed by atoms with van der Waals surface area (Å²) in [4.78, 5) is 33.0. The quantitative estimate of drug-likeness (QED) is 0.207. The molecule has 1 aromatic carbocycles. The predicted octanol–water partition coefficient (Wildman–Crippen LogP) is 2.90. The molecule has 0 unspecified atom stereocenters. The molecule has 0 bridgehead atoms. The molecule has 0 atom stereocenters. The number of nitrogens with one attached hydrogen (secondary N) is 2. The van der Waals surface area contributed by atoms with Crippen molar-refractivity contribution in [2.24, 2.45) is 0 Å². The van der Waals surface area contributed by atoms with Gasteiger partial charge >= 0.3 is 5.69 Å². The highest BCUT2D eigenvalue weighted by Crippen LogP contribution is 2.29. The molecule has 0 aromatic heterocycles. The smallest absolute Gasteiger partial charge is 0.311 e. The van der Waals surface area contributed by atoms with Crippen LogP contribution in [0.3, 0.4) is 0 Å². The first-order valence-corrected chi connectivity index (χ1v) is 8.19. The molecule has 8 heteroatoms. The lowest BCUT2D eigenvalue weighted by Gasteiger charge is -2.08. The summed E-state index contributed by atoms with van der Waals surface area (Å²) < 4.78 is 5.49. The van der Waals surface area contributed by atoms with E-state index in [1.54, 1.807) is 13.0 Å². The molecule has 1 rings (SSSR count). The Kier molecular flexibility index (Phi) is 8.56. The van der Waals surface area contributed by atoms with E-state index < -0.39 is 10.8 Å². The highest BCUT2D eigenvalue weighted by atomic mass is 16.6. The molecule has 0 spiro atoms. The summed E-state index contributed by atoms with van der Waals surface area (Å²) in [5.41, 5.74) is 0.625. The average molecular weight is 361 g/mol. The lowest BCUT2D eigenvalue weighted by Crippen LogP contribution is -2.30. The van der Waals surface area contributed by atoms with Crippen LogP contribution in [0.25, 0.3) is 6.08 Å². The van der Waals surface area contributed by atoms with Crippen molar-refractivity contribution in [2.45, 2.75) is 33.1 Å². The number of hydrogen-bond donors (Lipinski definition) is 2. The monoisotopic (exact) mass is 361 g/mol. The second kappa shape index (κ2) is 10.7. The van der Waals surface area contributed by atoms with Gasteiger partial charge in [0.2, 0.25) is 6.41 Å². The van der Waals surface area contributed by atoms with Crippen molar-refractivity contribution in [2.75, 3.05) is 6.61 Å². The zero-order valence-electron chi connectivity index (χ0n) is 14.9. The molecule has 2 N–H and O–H groups in total. The topological polar surface area (TPSA) is 111 Å². The number of carbonyl (C=O) groups excluding carboxylic acids is 2. The lowest BCUT2D eigenvalue weighted by atomic mass is 10.1.